The van der Waals surface area contributed by atoms with Gasteiger partial charge in [0, 0.05) is 22.4 Å². The average Bonchev–Trinajstić information content (AvgIpc) is 3.16. The number of ether oxygens (including phenoxy) is 2. The monoisotopic (exact) mass is 411 g/mol. The van der Waals surface area contributed by atoms with Crippen molar-refractivity contribution >= 4 is 39.9 Å². The zero-order valence-corrected chi connectivity index (χ0v) is 16.4. The second-order valence-corrected chi connectivity index (χ2v) is 7.08. The number of carbonyl (C=O) groups excluding carboxylic acids is 3. The fraction of sp³-hybridized carbons (Fsp3) is 0.200. The third-order valence-electron chi connectivity index (χ3n) is 4.31. The first kappa shape index (κ1) is 20.1. The van der Waals surface area contributed by atoms with Gasteiger partial charge in [0.2, 0.25) is 0 Å². The van der Waals surface area contributed by atoms with Crippen LogP contribution in [0.15, 0.2) is 30.8 Å². The molecular weight excluding hydrogens is 394 g/mol. The lowest BCUT2D eigenvalue weighted by molar-refractivity contribution is -0.145. The Kier molecular flexibility index (Phi) is 5.66. The maximum absolute atomic E-state index is 12.5. The number of nitrogen functional groups attached to an aromatic ring is 1. The van der Waals surface area contributed by atoms with Crippen molar-refractivity contribution in [3.63, 3.8) is 0 Å². The van der Waals surface area contributed by atoms with E-state index in [2.05, 4.69) is 6.58 Å². The second kappa shape index (κ2) is 8.16. The van der Waals surface area contributed by atoms with Gasteiger partial charge in [-0.3, -0.25) is 14.5 Å². The number of benzene rings is 1. The Morgan fingerprint density at radius 3 is 2.59 bits per heavy atom. The predicted molar refractivity (Wildman–Crippen MR) is 106 cm³/mol. The zero-order valence-electron chi connectivity index (χ0n) is 15.6. The van der Waals surface area contributed by atoms with E-state index >= 15 is 0 Å². The number of esters is 2. The Hall–Kier alpha value is -3.64. The summed E-state index contributed by atoms with van der Waals surface area (Å²) < 4.78 is 10.2. The van der Waals surface area contributed by atoms with Gasteiger partial charge < -0.3 is 15.2 Å². The fourth-order valence-electron chi connectivity index (χ4n) is 2.94. The molecule has 2 N–H and O–H groups in total. The number of thiophene rings is 1. The van der Waals surface area contributed by atoms with Crippen LogP contribution in [0.4, 0.5) is 5.00 Å². The third-order valence-corrected chi connectivity index (χ3v) is 5.35. The van der Waals surface area contributed by atoms with Gasteiger partial charge in [0.1, 0.15) is 29.1 Å². The van der Waals surface area contributed by atoms with Crippen LogP contribution in [-0.2, 0) is 20.9 Å². The Morgan fingerprint density at radius 2 is 1.97 bits per heavy atom. The largest absolute Gasteiger partial charge is 0.462 e. The molecule has 0 atom stereocenters. The number of fused-ring (bicyclic) bond motifs is 1. The summed E-state index contributed by atoms with van der Waals surface area (Å²) in [6.45, 7) is 4.98. The van der Waals surface area contributed by atoms with Gasteiger partial charge >= 0.3 is 11.9 Å². The number of amides is 1. The molecule has 1 aromatic carbocycles. The summed E-state index contributed by atoms with van der Waals surface area (Å²) in [5, 5.41) is 9.45. The number of nitrogens with two attached hydrogens (primary N) is 1. The number of nitrogens with zero attached hydrogens (tertiary/aromatic N) is 2. The lowest BCUT2D eigenvalue weighted by Crippen LogP contribution is -2.30. The van der Waals surface area contributed by atoms with Crippen LogP contribution in [0.2, 0.25) is 0 Å². The zero-order chi connectivity index (χ0) is 21.1. The summed E-state index contributed by atoms with van der Waals surface area (Å²) in [6.07, 6.45) is 0. The molecular formula is C20H17N3O5S. The molecule has 0 saturated heterocycles. The van der Waals surface area contributed by atoms with Crippen LogP contribution in [0, 0.1) is 11.3 Å². The van der Waals surface area contributed by atoms with Crippen LogP contribution < -0.4 is 5.73 Å². The number of carbonyl (C=O) groups is 3. The highest BCUT2D eigenvalue weighted by Crippen LogP contribution is 2.33. The van der Waals surface area contributed by atoms with Gasteiger partial charge in [-0.15, -0.1) is 11.3 Å². The Labute approximate surface area is 170 Å². The highest BCUT2D eigenvalue weighted by molar-refractivity contribution is 7.18. The molecule has 1 amide bonds. The molecule has 2 aromatic rings. The molecule has 29 heavy (non-hydrogen) atoms. The van der Waals surface area contributed by atoms with Gasteiger partial charge in [-0.1, -0.05) is 24.8 Å². The van der Waals surface area contributed by atoms with Crippen LogP contribution in [0.25, 0.3) is 5.70 Å². The fourth-order valence-corrected chi connectivity index (χ4v) is 3.85. The van der Waals surface area contributed by atoms with Crippen LogP contribution >= 0.6 is 11.3 Å². The first-order chi connectivity index (χ1) is 13.9. The third kappa shape index (κ3) is 3.70. The number of hydrogen-bond acceptors (Lipinski definition) is 8. The summed E-state index contributed by atoms with van der Waals surface area (Å²) >= 11 is 0.901. The van der Waals surface area contributed by atoms with E-state index in [1.165, 1.54) is 4.90 Å². The second-order valence-electron chi connectivity index (χ2n) is 6.03. The normalized spacial score (nSPS) is 12.5. The average molecular weight is 411 g/mol. The van der Waals surface area contributed by atoms with Crippen molar-refractivity contribution in [2.24, 2.45) is 0 Å². The molecule has 3 rings (SSSR count). The van der Waals surface area contributed by atoms with Crippen LogP contribution in [0.3, 0.4) is 0 Å². The van der Waals surface area contributed by atoms with E-state index in [0.29, 0.717) is 16.8 Å². The highest BCUT2D eigenvalue weighted by Gasteiger charge is 2.32. The molecule has 1 aliphatic heterocycles. The number of nitriles is 1. The smallest absolute Gasteiger partial charge is 0.348 e. The van der Waals surface area contributed by atoms with Crippen molar-refractivity contribution in [1.29, 1.82) is 5.26 Å². The van der Waals surface area contributed by atoms with Crippen molar-refractivity contribution in [1.82, 2.24) is 4.90 Å². The van der Waals surface area contributed by atoms with Gasteiger partial charge in [0.05, 0.1) is 12.2 Å². The number of rotatable bonds is 6. The molecule has 0 spiro atoms. The van der Waals surface area contributed by atoms with Crippen molar-refractivity contribution in [3.8, 4) is 6.07 Å². The Bertz CT molecular complexity index is 1030. The topological polar surface area (TPSA) is 123 Å². The molecule has 0 aliphatic carbocycles. The molecule has 0 saturated carbocycles. The van der Waals surface area contributed by atoms with E-state index in [-0.39, 0.29) is 46.7 Å². The lowest BCUT2D eigenvalue weighted by Gasteiger charge is -2.16. The van der Waals surface area contributed by atoms with E-state index in [0.717, 1.165) is 11.3 Å². The van der Waals surface area contributed by atoms with E-state index < -0.39 is 11.9 Å². The van der Waals surface area contributed by atoms with Gasteiger partial charge in [-0.05, 0) is 13.0 Å². The van der Waals surface area contributed by atoms with Crippen LogP contribution in [0.5, 0.6) is 0 Å². The molecule has 1 aromatic heterocycles. The minimum absolute atomic E-state index is 0.0694. The van der Waals surface area contributed by atoms with Gasteiger partial charge in [-0.2, -0.15) is 5.26 Å². The number of anilines is 1. The summed E-state index contributed by atoms with van der Waals surface area (Å²) in [6, 6.07) is 8.83. The predicted octanol–water partition coefficient (Wildman–Crippen LogP) is 2.55. The Morgan fingerprint density at radius 1 is 1.28 bits per heavy atom. The maximum Gasteiger partial charge on any atom is 0.348 e. The van der Waals surface area contributed by atoms with E-state index in [1.807, 2.05) is 6.07 Å². The van der Waals surface area contributed by atoms with Crippen molar-refractivity contribution in [3.05, 3.63) is 58.0 Å². The van der Waals surface area contributed by atoms with Crippen LogP contribution in [0.1, 0.15) is 43.6 Å². The maximum atomic E-state index is 12.5. The van der Waals surface area contributed by atoms with E-state index in [4.69, 9.17) is 15.2 Å². The molecule has 0 unspecified atom stereocenters. The van der Waals surface area contributed by atoms with Gasteiger partial charge in [0.25, 0.3) is 5.91 Å². The summed E-state index contributed by atoms with van der Waals surface area (Å²) in [4.78, 5) is 38.3. The molecule has 0 bridgehead atoms. The van der Waals surface area contributed by atoms with E-state index in [1.54, 1.807) is 31.2 Å². The van der Waals surface area contributed by atoms with Crippen molar-refractivity contribution in [2.45, 2.75) is 13.5 Å². The number of hydrogen-bond donors (Lipinski definition) is 1. The summed E-state index contributed by atoms with van der Waals surface area (Å²) in [7, 11) is 0. The molecule has 148 valence electrons. The quantitative estimate of drug-likeness (QED) is 0.725. The molecule has 0 fully saturated rings. The minimum atomic E-state index is -0.712. The van der Waals surface area contributed by atoms with Gasteiger partial charge in [0.15, 0.2) is 0 Å². The summed E-state index contributed by atoms with van der Waals surface area (Å²) in [5.74, 6) is -1.70. The molecule has 0 radical (unpaired) electrons. The standard InChI is InChI=1S/C20H17N3O5S/c1-3-27-20(26)17-15(14(8-21)18(22)29-17)10-28-16(24)9-23-11(2)12-6-4-5-7-13(12)19(23)25/h4-7H,2-3,9-10,22H2,1H3. The molecule has 8 nitrogen and oxygen atoms in total. The first-order valence-electron chi connectivity index (χ1n) is 8.63. The van der Waals surface area contributed by atoms with Crippen LogP contribution in [-0.4, -0.2) is 35.9 Å². The molecule has 9 heteroatoms. The SMILES string of the molecule is C=C1c2ccccc2C(=O)N1CC(=O)OCc1c(C(=O)OCC)sc(N)c1C#N. The lowest BCUT2D eigenvalue weighted by atomic mass is 10.1. The summed E-state index contributed by atoms with van der Waals surface area (Å²) in [5.41, 5.74) is 7.59. The Balaban J connectivity index is 1.72. The first-order valence-corrected chi connectivity index (χ1v) is 9.44. The molecule has 1 aliphatic rings. The van der Waals surface area contributed by atoms with Gasteiger partial charge in [-0.25, -0.2) is 4.79 Å². The van der Waals surface area contributed by atoms with E-state index in [9.17, 15) is 19.6 Å². The molecule has 2 heterocycles. The van der Waals surface area contributed by atoms with Crippen molar-refractivity contribution in [2.75, 3.05) is 18.9 Å². The van der Waals surface area contributed by atoms with Crippen molar-refractivity contribution < 1.29 is 23.9 Å². The minimum Gasteiger partial charge on any atom is -0.462 e. The highest BCUT2D eigenvalue weighted by atomic mass is 32.1.